The van der Waals surface area contributed by atoms with Crippen LogP contribution >= 0.6 is 0 Å². The third kappa shape index (κ3) is 5.16. The third-order valence-electron chi connectivity index (χ3n) is 5.03. The van der Waals surface area contributed by atoms with Gasteiger partial charge in [-0.15, -0.1) is 0 Å². The van der Waals surface area contributed by atoms with E-state index in [-0.39, 0.29) is 29.5 Å². The second-order valence-electron chi connectivity index (χ2n) is 7.57. The molecule has 2 aromatic heterocycles. The number of aromatic nitrogens is 3. The van der Waals surface area contributed by atoms with Crippen LogP contribution in [0.4, 0.5) is 4.39 Å². The Hall–Kier alpha value is -2.84. The van der Waals surface area contributed by atoms with E-state index in [0.29, 0.717) is 37.8 Å². The summed E-state index contributed by atoms with van der Waals surface area (Å²) in [5.41, 5.74) is 0.203. The second-order valence-corrected chi connectivity index (χ2v) is 7.57. The lowest BCUT2D eigenvalue weighted by atomic mass is 10.0. The van der Waals surface area contributed by atoms with Gasteiger partial charge in [-0.3, -0.25) is 9.59 Å². The van der Waals surface area contributed by atoms with Gasteiger partial charge in [0.1, 0.15) is 11.5 Å². The number of carbonyl (C=O) groups is 2. The van der Waals surface area contributed by atoms with Crippen molar-refractivity contribution in [3.05, 3.63) is 41.6 Å². The molecule has 1 aliphatic heterocycles. The molecule has 1 aliphatic rings. The summed E-state index contributed by atoms with van der Waals surface area (Å²) in [6.07, 6.45) is 3.11. The van der Waals surface area contributed by atoms with Gasteiger partial charge in [0.25, 0.3) is 5.91 Å². The Bertz CT molecular complexity index is 852. The third-order valence-corrected chi connectivity index (χ3v) is 5.03. The lowest BCUT2D eigenvalue weighted by Gasteiger charge is -2.38. The number of hydrogen-bond donors (Lipinski definition) is 0. The highest BCUT2D eigenvalue weighted by Crippen LogP contribution is 2.19. The Kier molecular flexibility index (Phi) is 6.56. The molecule has 9 heteroatoms. The quantitative estimate of drug-likeness (QED) is 0.736. The van der Waals surface area contributed by atoms with Crippen molar-refractivity contribution in [3.8, 4) is 0 Å². The molecule has 0 radical (unpaired) electrons. The predicted octanol–water partition coefficient (Wildman–Crippen LogP) is 2.42. The SMILES string of the molecule is CC(=O)N(CCc1noc(C(C)C)n1)C1CCCN(C(=O)c2ccc(F)cn2)C1. The molecule has 1 fully saturated rings. The largest absolute Gasteiger partial charge is 0.339 e. The van der Waals surface area contributed by atoms with Gasteiger partial charge in [0.05, 0.1) is 6.20 Å². The molecule has 3 heterocycles. The van der Waals surface area contributed by atoms with Crippen LogP contribution in [0.15, 0.2) is 22.9 Å². The van der Waals surface area contributed by atoms with E-state index in [1.54, 1.807) is 9.80 Å². The van der Waals surface area contributed by atoms with Gasteiger partial charge in [0.2, 0.25) is 11.8 Å². The normalized spacial score (nSPS) is 16.9. The maximum absolute atomic E-state index is 13.1. The molecular weight excluding hydrogens is 377 g/mol. The van der Waals surface area contributed by atoms with E-state index in [0.717, 1.165) is 19.0 Å². The van der Waals surface area contributed by atoms with E-state index in [9.17, 15) is 14.0 Å². The number of hydrogen-bond acceptors (Lipinski definition) is 6. The van der Waals surface area contributed by atoms with Crippen molar-refractivity contribution >= 4 is 11.8 Å². The van der Waals surface area contributed by atoms with Crippen LogP contribution in [-0.4, -0.2) is 62.4 Å². The van der Waals surface area contributed by atoms with Crippen molar-refractivity contribution in [2.24, 2.45) is 0 Å². The summed E-state index contributed by atoms with van der Waals surface area (Å²) in [6.45, 7) is 6.93. The first kappa shape index (κ1) is 20.9. The van der Waals surface area contributed by atoms with E-state index in [4.69, 9.17) is 4.52 Å². The maximum Gasteiger partial charge on any atom is 0.272 e. The molecule has 2 aromatic rings. The van der Waals surface area contributed by atoms with Gasteiger partial charge in [0.15, 0.2) is 5.82 Å². The van der Waals surface area contributed by atoms with Crippen molar-refractivity contribution in [1.29, 1.82) is 0 Å². The minimum absolute atomic E-state index is 0.0585. The minimum atomic E-state index is -0.483. The van der Waals surface area contributed by atoms with E-state index in [2.05, 4.69) is 15.1 Å². The number of nitrogens with zero attached hydrogens (tertiary/aromatic N) is 5. The molecule has 1 saturated heterocycles. The number of halogens is 1. The molecule has 3 rings (SSSR count). The first-order chi connectivity index (χ1) is 13.8. The summed E-state index contributed by atoms with van der Waals surface area (Å²) < 4.78 is 18.3. The highest BCUT2D eigenvalue weighted by atomic mass is 19.1. The number of rotatable bonds is 6. The highest BCUT2D eigenvalue weighted by Gasteiger charge is 2.30. The van der Waals surface area contributed by atoms with E-state index in [1.807, 2.05) is 13.8 Å². The molecule has 2 amide bonds. The zero-order valence-corrected chi connectivity index (χ0v) is 17.0. The van der Waals surface area contributed by atoms with Gasteiger partial charge in [-0.05, 0) is 25.0 Å². The van der Waals surface area contributed by atoms with E-state index >= 15 is 0 Å². The molecular formula is C20H26FN5O3. The fourth-order valence-corrected chi connectivity index (χ4v) is 3.48. The summed E-state index contributed by atoms with van der Waals surface area (Å²) in [7, 11) is 0. The first-order valence-electron chi connectivity index (χ1n) is 9.85. The van der Waals surface area contributed by atoms with Gasteiger partial charge >= 0.3 is 0 Å². The lowest BCUT2D eigenvalue weighted by molar-refractivity contribution is -0.132. The zero-order valence-electron chi connectivity index (χ0n) is 17.0. The molecule has 1 atom stereocenters. The van der Waals surface area contributed by atoms with Crippen LogP contribution in [0.2, 0.25) is 0 Å². The zero-order chi connectivity index (χ0) is 21.0. The molecule has 8 nitrogen and oxygen atoms in total. The molecule has 0 spiro atoms. The van der Waals surface area contributed by atoms with Crippen molar-refractivity contribution in [3.63, 3.8) is 0 Å². The maximum atomic E-state index is 13.1. The Labute approximate surface area is 169 Å². The number of pyridine rings is 1. The molecule has 0 N–H and O–H groups in total. The Morgan fingerprint density at radius 1 is 1.38 bits per heavy atom. The first-order valence-corrected chi connectivity index (χ1v) is 9.85. The van der Waals surface area contributed by atoms with Crippen LogP contribution in [0.3, 0.4) is 0 Å². The van der Waals surface area contributed by atoms with Crippen molar-refractivity contribution in [1.82, 2.24) is 24.9 Å². The summed E-state index contributed by atoms with van der Waals surface area (Å²) in [5.74, 6) is 0.505. The van der Waals surface area contributed by atoms with Gasteiger partial charge in [-0.25, -0.2) is 9.37 Å². The van der Waals surface area contributed by atoms with Crippen LogP contribution in [0.1, 0.15) is 61.7 Å². The molecule has 1 unspecified atom stereocenters. The molecule has 156 valence electrons. The predicted molar refractivity (Wildman–Crippen MR) is 103 cm³/mol. The molecule has 0 bridgehead atoms. The average Bonchev–Trinajstić information content (AvgIpc) is 3.17. The van der Waals surface area contributed by atoms with E-state index < -0.39 is 5.82 Å². The van der Waals surface area contributed by atoms with Gasteiger partial charge < -0.3 is 14.3 Å². The Balaban J connectivity index is 1.64. The molecule has 29 heavy (non-hydrogen) atoms. The molecule has 0 aliphatic carbocycles. The smallest absolute Gasteiger partial charge is 0.272 e. The standard InChI is InChI=1S/C20H26FN5O3/c1-13(2)19-23-18(24-29-19)8-10-26(14(3)27)16-5-4-9-25(12-16)20(28)17-7-6-15(21)11-22-17/h6-7,11,13,16H,4-5,8-10,12H2,1-3H3. The van der Waals surface area contributed by atoms with Crippen molar-refractivity contribution in [2.45, 2.75) is 52.0 Å². The van der Waals surface area contributed by atoms with Gasteiger partial charge in [-0.2, -0.15) is 4.98 Å². The average molecular weight is 403 g/mol. The van der Waals surface area contributed by atoms with Crippen LogP contribution in [0, 0.1) is 5.82 Å². The fourth-order valence-electron chi connectivity index (χ4n) is 3.48. The van der Waals surface area contributed by atoms with Crippen molar-refractivity contribution < 1.29 is 18.5 Å². The van der Waals surface area contributed by atoms with Crippen LogP contribution in [0.25, 0.3) is 0 Å². The summed E-state index contributed by atoms with van der Waals surface area (Å²) in [4.78, 5) is 36.6. The van der Waals surface area contributed by atoms with Crippen molar-refractivity contribution in [2.75, 3.05) is 19.6 Å². The molecule has 0 aromatic carbocycles. The summed E-state index contributed by atoms with van der Waals surface area (Å²) in [6, 6.07) is 2.51. The lowest BCUT2D eigenvalue weighted by Crippen LogP contribution is -2.51. The van der Waals surface area contributed by atoms with Crippen LogP contribution < -0.4 is 0 Å². The number of amides is 2. The monoisotopic (exact) mass is 403 g/mol. The fraction of sp³-hybridized carbons (Fsp3) is 0.550. The van der Waals surface area contributed by atoms with Gasteiger partial charge in [0, 0.05) is 44.9 Å². The minimum Gasteiger partial charge on any atom is -0.339 e. The summed E-state index contributed by atoms with van der Waals surface area (Å²) in [5, 5.41) is 3.98. The van der Waals surface area contributed by atoms with Crippen LogP contribution in [-0.2, 0) is 11.2 Å². The number of piperidine rings is 1. The van der Waals surface area contributed by atoms with Gasteiger partial charge in [-0.1, -0.05) is 19.0 Å². The Morgan fingerprint density at radius 3 is 2.79 bits per heavy atom. The van der Waals surface area contributed by atoms with E-state index in [1.165, 1.54) is 19.1 Å². The topological polar surface area (TPSA) is 92.4 Å². The summed E-state index contributed by atoms with van der Waals surface area (Å²) >= 11 is 0. The number of carbonyl (C=O) groups excluding carboxylic acids is 2. The number of likely N-dealkylation sites (tertiary alicyclic amines) is 1. The Morgan fingerprint density at radius 2 is 2.17 bits per heavy atom. The highest BCUT2D eigenvalue weighted by molar-refractivity contribution is 5.92. The second kappa shape index (κ2) is 9.11. The molecule has 0 saturated carbocycles. The van der Waals surface area contributed by atoms with Crippen LogP contribution in [0.5, 0.6) is 0 Å².